The Morgan fingerprint density at radius 1 is 1.33 bits per heavy atom. The molecule has 0 aliphatic heterocycles. The molecule has 0 aliphatic carbocycles. The number of hydrogen-bond acceptors (Lipinski definition) is 2. The smallest absolute Gasteiger partial charge is 0.234 e. The molecule has 0 heterocycles. The number of aryl methyl sites for hydroxylation is 2. The van der Waals surface area contributed by atoms with Crippen LogP contribution in [0.4, 0.5) is 5.69 Å². The number of rotatable bonds is 3. The fourth-order valence-corrected chi connectivity index (χ4v) is 2.94. The summed E-state index contributed by atoms with van der Waals surface area (Å²) in [5.74, 6) is 0.520. The molecule has 0 aliphatic rings. The SMILES string of the molecule is Cc1cc(C)c(NC(=O)CSC(C)(C)C)c(Br)c1. The Labute approximate surface area is 122 Å². The van der Waals surface area contributed by atoms with Crippen molar-refractivity contribution in [2.45, 2.75) is 39.4 Å². The molecular weight excluding hydrogens is 310 g/mol. The average Bonchev–Trinajstić information content (AvgIpc) is 2.19. The predicted octanol–water partition coefficient (Wildman–Crippen LogP) is 4.54. The molecule has 0 aromatic heterocycles. The highest BCUT2D eigenvalue weighted by molar-refractivity contribution is 9.10. The monoisotopic (exact) mass is 329 g/mol. The number of nitrogens with one attached hydrogen (secondary N) is 1. The summed E-state index contributed by atoms with van der Waals surface area (Å²) in [6.45, 7) is 10.4. The first-order chi connectivity index (χ1) is 8.19. The van der Waals surface area contributed by atoms with Crippen molar-refractivity contribution >= 4 is 39.3 Å². The largest absolute Gasteiger partial charge is 0.324 e. The molecule has 0 bridgehead atoms. The Morgan fingerprint density at radius 3 is 2.44 bits per heavy atom. The Bertz CT molecular complexity index is 429. The third-order valence-corrected chi connectivity index (χ3v) is 4.23. The zero-order valence-electron chi connectivity index (χ0n) is 11.6. The van der Waals surface area contributed by atoms with Crippen LogP contribution in [0.3, 0.4) is 0 Å². The van der Waals surface area contributed by atoms with Gasteiger partial charge in [0.1, 0.15) is 0 Å². The van der Waals surface area contributed by atoms with E-state index in [1.807, 2.05) is 19.9 Å². The Kier molecular flexibility index (Phi) is 5.29. The fraction of sp³-hybridized carbons (Fsp3) is 0.500. The number of thioether (sulfide) groups is 1. The van der Waals surface area contributed by atoms with Gasteiger partial charge in [0.2, 0.25) is 5.91 Å². The van der Waals surface area contributed by atoms with E-state index in [0.717, 1.165) is 15.7 Å². The molecule has 1 aromatic rings. The van der Waals surface area contributed by atoms with E-state index in [-0.39, 0.29) is 10.7 Å². The maximum atomic E-state index is 11.9. The van der Waals surface area contributed by atoms with E-state index in [1.54, 1.807) is 11.8 Å². The molecule has 0 fully saturated rings. The summed E-state index contributed by atoms with van der Waals surface area (Å²) in [6.07, 6.45) is 0. The quantitative estimate of drug-likeness (QED) is 0.882. The molecule has 18 heavy (non-hydrogen) atoms. The molecule has 2 nitrogen and oxygen atoms in total. The molecule has 1 rings (SSSR count). The van der Waals surface area contributed by atoms with E-state index < -0.39 is 0 Å². The molecule has 1 amide bonds. The normalized spacial score (nSPS) is 11.4. The highest BCUT2D eigenvalue weighted by Gasteiger charge is 2.15. The van der Waals surface area contributed by atoms with Gasteiger partial charge in [0.15, 0.2) is 0 Å². The van der Waals surface area contributed by atoms with Gasteiger partial charge in [0.05, 0.1) is 11.4 Å². The number of anilines is 1. The summed E-state index contributed by atoms with van der Waals surface area (Å²) >= 11 is 5.14. The van der Waals surface area contributed by atoms with Gasteiger partial charge in [-0.25, -0.2) is 0 Å². The summed E-state index contributed by atoms with van der Waals surface area (Å²) in [4.78, 5) is 11.9. The van der Waals surface area contributed by atoms with Crippen LogP contribution in [0.25, 0.3) is 0 Å². The zero-order valence-corrected chi connectivity index (χ0v) is 14.0. The van der Waals surface area contributed by atoms with Crippen LogP contribution in [0.5, 0.6) is 0 Å². The van der Waals surface area contributed by atoms with Gasteiger partial charge in [-0.05, 0) is 47.0 Å². The van der Waals surface area contributed by atoms with Crippen molar-refractivity contribution in [3.8, 4) is 0 Å². The average molecular weight is 330 g/mol. The lowest BCUT2D eigenvalue weighted by Gasteiger charge is -2.18. The van der Waals surface area contributed by atoms with Crippen LogP contribution < -0.4 is 5.32 Å². The van der Waals surface area contributed by atoms with Crippen molar-refractivity contribution in [2.24, 2.45) is 0 Å². The second-order valence-corrected chi connectivity index (χ2v) is 8.04. The minimum Gasteiger partial charge on any atom is -0.324 e. The minimum absolute atomic E-state index is 0.0441. The van der Waals surface area contributed by atoms with Crippen molar-refractivity contribution < 1.29 is 4.79 Å². The lowest BCUT2D eigenvalue weighted by molar-refractivity contribution is -0.113. The number of benzene rings is 1. The molecule has 1 aromatic carbocycles. The van der Waals surface area contributed by atoms with Crippen molar-refractivity contribution in [1.29, 1.82) is 0 Å². The summed E-state index contributed by atoms with van der Waals surface area (Å²) in [5, 5.41) is 2.97. The maximum Gasteiger partial charge on any atom is 0.234 e. The molecule has 4 heteroatoms. The first kappa shape index (κ1) is 15.6. The molecular formula is C14H20BrNOS. The van der Waals surface area contributed by atoms with E-state index in [9.17, 15) is 4.79 Å². The molecule has 0 atom stereocenters. The zero-order chi connectivity index (χ0) is 13.9. The van der Waals surface area contributed by atoms with Gasteiger partial charge in [-0.3, -0.25) is 4.79 Å². The van der Waals surface area contributed by atoms with Crippen LogP contribution in [0.1, 0.15) is 31.9 Å². The second-order valence-electron chi connectivity index (χ2n) is 5.39. The predicted molar refractivity (Wildman–Crippen MR) is 84.5 cm³/mol. The summed E-state index contributed by atoms with van der Waals surface area (Å²) < 4.78 is 1.05. The third-order valence-electron chi connectivity index (χ3n) is 2.33. The van der Waals surface area contributed by atoms with Gasteiger partial charge in [-0.15, -0.1) is 11.8 Å². The van der Waals surface area contributed by atoms with E-state index in [0.29, 0.717) is 5.75 Å². The standard InChI is InChI=1S/C14H20BrNOS/c1-9-6-10(2)13(11(15)7-9)16-12(17)8-18-14(3,4)5/h6-7H,8H2,1-5H3,(H,16,17). The van der Waals surface area contributed by atoms with Crippen molar-refractivity contribution in [2.75, 3.05) is 11.1 Å². The Balaban J connectivity index is 2.71. The van der Waals surface area contributed by atoms with Gasteiger partial charge < -0.3 is 5.32 Å². The van der Waals surface area contributed by atoms with Gasteiger partial charge in [0, 0.05) is 9.22 Å². The van der Waals surface area contributed by atoms with E-state index in [2.05, 4.69) is 48.1 Å². The van der Waals surface area contributed by atoms with Crippen LogP contribution in [-0.4, -0.2) is 16.4 Å². The molecule has 100 valence electrons. The van der Waals surface area contributed by atoms with Crippen molar-refractivity contribution in [3.63, 3.8) is 0 Å². The first-order valence-corrected chi connectivity index (χ1v) is 7.67. The van der Waals surface area contributed by atoms with E-state index in [1.165, 1.54) is 5.56 Å². The number of carbonyl (C=O) groups excluding carboxylic acids is 1. The van der Waals surface area contributed by atoms with Gasteiger partial charge in [-0.2, -0.15) is 0 Å². The summed E-state index contributed by atoms with van der Waals surface area (Å²) in [7, 11) is 0. The molecule has 0 saturated heterocycles. The van der Waals surface area contributed by atoms with Gasteiger partial charge in [0.25, 0.3) is 0 Å². The highest BCUT2D eigenvalue weighted by atomic mass is 79.9. The van der Waals surface area contributed by atoms with Crippen LogP contribution >= 0.6 is 27.7 Å². The number of carbonyl (C=O) groups is 1. The van der Waals surface area contributed by atoms with Gasteiger partial charge in [-0.1, -0.05) is 26.8 Å². The van der Waals surface area contributed by atoms with Gasteiger partial charge >= 0.3 is 0 Å². The highest BCUT2D eigenvalue weighted by Crippen LogP contribution is 2.28. The first-order valence-electron chi connectivity index (χ1n) is 5.89. The molecule has 1 N–H and O–H groups in total. The number of amides is 1. The third kappa shape index (κ3) is 5.02. The lowest BCUT2D eigenvalue weighted by Crippen LogP contribution is -2.19. The van der Waals surface area contributed by atoms with Crippen LogP contribution in [-0.2, 0) is 4.79 Å². The van der Waals surface area contributed by atoms with Crippen molar-refractivity contribution in [1.82, 2.24) is 0 Å². The summed E-state index contributed by atoms with van der Waals surface area (Å²) in [5.41, 5.74) is 3.14. The van der Waals surface area contributed by atoms with Crippen molar-refractivity contribution in [3.05, 3.63) is 27.7 Å². The topological polar surface area (TPSA) is 29.1 Å². The van der Waals surface area contributed by atoms with Crippen LogP contribution in [0.2, 0.25) is 0 Å². The molecule has 0 radical (unpaired) electrons. The minimum atomic E-state index is 0.0441. The molecule has 0 saturated carbocycles. The Morgan fingerprint density at radius 2 is 1.94 bits per heavy atom. The maximum absolute atomic E-state index is 11.9. The molecule has 0 spiro atoms. The fourth-order valence-electron chi connectivity index (χ4n) is 1.53. The Hall–Kier alpha value is -0.480. The van der Waals surface area contributed by atoms with E-state index >= 15 is 0 Å². The second kappa shape index (κ2) is 6.11. The van der Waals surface area contributed by atoms with Crippen LogP contribution in [0.15, 0.2) is 16.6 Å². The number of hydrogen-bond donors (Lipinski definition) is 1. The number of halogens is 1. The lowest BCUT2D eigenvalue weighted by atomic mass is 10.1. The van der Waals surface area contributed by atoms with E-state index in [4.69, 9.17) is 0 Å². The molecule has 0 unspecified atom stereocenters. The van der Waals surface area contributed by atoms with Crippen LogP contribution in [0, 0.1) is 13.8 Å². The summed E-state index contributed by atoms with van der Waals surface area (Å²) in [6, 6.07) is 4.08.